The highest BCUT2D eigenvalue weighted by Gasteiger charge is 2.22. The zero-order chi connectivity index (χ0) is 17.8. The van der Waals surface area contributed by atoms with E-state index in [0.29, 0.717) is 24.2 Å². The van der Waals surface area contributed by atoms with Crippen LogP contribution >= 0.6 is 0 Å². The van der Waals surface area contributed by atoms with Crippen LogP contribution in [0.1, 0.15) is 20.7 Å². The maximum Gasteiger partial charge on any atom is 0.253 e. The summed E-state index contributed by atoms with van der Waals surface area (Å²) in [6.45, 7) is 2.82. The molecule has 6 nitrogen and oxygen atoms in total. The zero-order valence-corrected chi connectivity index (χ0v) is 14.1. The van der Waals surface area contributed by atoms with E-state index in [4.69, 9.17) is 10.5 Å². The lowest BCUT2D eigenvalue weighted by Crippen LogP contribution is -2.48. The molecule has 130 valence electrons. The van der Waals surface area contributed by atoms with Crippen molar-refractivity contribution >= 4 is 17.5 Å². The van der Waals surface area contributed by atoms with Crippen LogP contribution in [-0.2, 0) is 0 Å². The number of hydrogen-bond donors (Lipinski definition) is 1. The highest BCUT2D eigenvalue weighted by Crippen LogP contribution is 2.22. The molecule has 2 amide bonds. The first-order valence-electron chi connectivity index (χ1n) is 8.16. The van der Waals surface area contributed by atoms with Crippen LogP contribution in [0, 0.1) is 0 Å². The summed E-state index contributed by atoms with van der Waals surface area (Å²) < 4.78 is 5.27. The van der Waals surface area contributed by atoms with E-state index in [1.807, 2.05) is 29.2 Å². The number of ether oxygens (including phenoxy) is 1. The van der Waals surface area contributed by atoms with Crippen LogP contribution in [0.2, 0.25) is 0 Å². The molecular formula is C19H21N3O3. The van der Waals surface area contributed by atoms with Gasteiger partial charge in [0.1, 0.15) is 5.75 Å². The summed E-state index contributed by atoms with van der Waals surface area (Å²) >= 11 is 0. The van der Waals surface area contributed by atoms with Gasteiger partial charge >= 0.3 is 0 Å². The molecule has 1 fully saturated rings. The first-order chi connectivity index (χ1) is 12.1. The van der Waals surface area contributed by atoms with Gasteiger partial charge in [-0.2, -0.15) is 0 Å². The Bertz CT molecular complexity index is 766. The Balaban J connectivity index is 1.63. The molecule has 2 aromatic carbocycles. The van der Waals surface area contributed by atoms with Crippen molar-refractivity contribution in [1.82, 2.24) is 4.90 Å². The largest absolute Gasteiger partial charge is 0.497 e. The Labute approximate surface area is 146 Å². The van der Waals surface area contributed by atoms with Crippen LogP contribution < -0.4 is 15.4 Å². The third-order valence-corrected chi connectivity index (χ3v) is 4.40. The molecule has 0 unspecified atom stereocenters. The lowest BCUT2D eigenvalue weighted by molar-refractivity contribution is 0.0746. The van der Waals surface area contributed by atoms with Gasteiger partial charge in [0.25, 0.3) is 5.91 Å². The summed E-state index contributed by atoms with van der Waals surface area (Å²) in [6, 6.07) is 14.4. The minimum absolute atomic E-state index is 0.0266. The zero-order valence-electron chi connectivity index (χ0n) is 14.1. The number of nitrogens with two attached hydrogens (primary N) is 1. The van der Waals surface area contributed by atoms with Gasteiger partial charge in [-0.05, 0) is 36.4 Å². The number of anilines is 1. The molecule has 0 bridgehead atoms. The fourth-order valence-electron chi connectivity index (χ4n) is 2.93. The van der Waals surface area contributed by atoms with Crippen LogP contribution in [0.5, 0.6) is 5.75 Å². The second-order valence-electron chi connectivity index (χ2n) is 5.92. The second-order valence-corrected chi connectivity index (χ2v) is 5.92. The van der Waals surface area contributed by atoms with E-state index in [-0.39, 0.29) is 5.91 Å². The molecule has 2 aromatic rings. The van der Waals surface area contributed by atoms with E-state index < -0.39 is 5.91 Å². The number of amides is 2. The van der Waals surface area contributed by atoms with E-state index >= 15 is 0 Å². The number of nitrogens with zero attached hydrogens (tertiary/aromatic N) is 2. The molecule has 1 aliphatic heterocycles. The quantitative estimate of drug-likeness (QED) is 0.921. The monoisotopic (exact) mass is 339 g/mol. The number of carbonyl (C=O) groups is 2. The fourth-order valence-corrected chi connectivity index (χ4v) is 2.93. The van der Waals surface area contributed by atoms with Gasteiger partial charge in [0.05, 0.1) is 7.11 Å². The lowest BCUT2D eigenvalue weighted by Gasteiger charge is -2.36. The Morgan fingerprint density at radius 1 is 0.960 bits per heavy atom. The second kappa shape index (κ2) is 7.25. The normalized spacial score (nSPS) is 14.3. The molecule has 0 spiro atoms. The van der Waals surface area contributed by atoms with E-state index in [9.17, 15) is 9.59 Å². The molecule has 0 radical (unpaired) electrons. The van der Waals surface area contributed by atoms with Gasteiger partial charge in [-0.15, -0.1) is 0 Å². The van der Waals surface area contributed by atoms with Crippen molar-refractivity contribution < 1.29 is 14.3 Å². The SMILES string of the molecule is COc1cccc(N2CCN(C(=O)c3ccc(C(N)=O)cc3)CC2)c1. The Kier molecular flexibility index (Phi) is 4.88. The molecule has 3 rings (SSSR count). The van der Waals surface area contributed by atoms with E-state index in [2.05, 4.69) is 4.90 Å². The molecule has 0 atom stereocenters. The molecule has 1 aliphatic rings. The maximum absolute atomic E-state index is 12.6. The summed E-state index contributed by atoms with van der Waals surface area (Å²) in [5.74, 6) is 0.303. The smallest absolute Gasteiger partial charge is 0.253 e. The van der Waals surface area contributed by atoms with Crippen LogP contribution in [0.25, 0.3) is 0 Å². The first kappa shape index (κ1) is 16.8. The first-order valence-corrected chi connectivity index (χ1v) is 8.16. The standard InChI is InChI=1S/C19H21N3O3/c1-25-17-4-2-3-16(13-17)21-9-11-22(12-10-21)19(24)15-7-5-14(6-8-15)18(20)23/h2-8,13H,9-12H2,1H3,(H2,20,23). The topological polar surface area (TPSA) is 75.9 Å². The van der Waals surface area contributed by atoms with Gasteiger partial charge in [0.2, 0.25) is 5.91 Å². The van der Waals surface area contributed by atoms with E-state index in [1.165, 1.54) is 0 Å². The van der Waals surface area contributed by atoms with Crippen LogP contribution in [-0.4, -0.2) is 50.0 Å². The van der Waals surface area contributed by atoms with Gasteiger partial charge in [-0.1, -0.05) is 6.07 Å². The number of hydrogen-bond acceptors (Lipinski definition) is 4. The summed E-state index contributed by atoms with van der Waals surface area (Å²) in [6.07, 6.45) is 0. The predicted octanol–water partition coefficient (Wildman–Crippen LogP) is 1.76. The molecule has 1 saturated heterocycles. The number of primary amides is 1. The molecule has 0 saturated carbocycles. The van der Waals surface area contributed by atoms with Crippen molar-refractivity contribution in [3.05, 3.63) is 59.7 Å². The minimum atomic E-state index is -0.495. The number of piperazine rings is 1. The molecule has 6 heteroatoms. The molecule has 25 heavy (non-hydrogen) atoms. The predicted molar refractivity (Wildman–Crippen MR) is 96.1 cm³/mol. The Morgan fingerprint density at radius 3 is 2.20 bits per heavy atom. The van der Waals surface area contributed by atoms with Gasteiger partial charge in [-0.25, -0.2) is 0 Å². The van der Waals surface area contributed by atoms with Gasteiger partial charge in [0, 0.05) is 49.1 Å². The highest BCUT2D eigenvalue weighted by atomic mass is 16.5. The van der Waals surface area contributed by atoms with Crippen molar-refractivity contribution in [3.63, 3.8) is 0 Å². The number of methoxy groups -OCH3 is 1. The van der Waals surface area contributed by atoms with Crippen molar-refractivity contribution in [2.75, 3.05) is 38.2 Å². The molecular weight excluding hydrogens is 318 g/mol. The van der Waals surface area contributed by atoms with Crippen LogP contribution in [0.4, 0.5) is 5.69 Å². The summed E-state index contributed by atoms with van der Waals surface area (Å²) in [7, 11) is 1.65. The maximum atomic E-state index is 12.6. The average Bonchev–Trinajstić information content (AvgIpc) is 2.67. The lowest BCUT2D eigenvalue weighted by atomic mass is 10.1. The Hall–Kier alpha value is -3.02. The van der Waals surface area contributed by atoms with Gasteiger partial charge < -0.3 is 20.3 Å². The van der Waals surface area contributed by atoms with Crippen molar-refractivity contribution in [2.24, 2.45) is 5.73 Å². The van der Waals surface area contributed by atoms with Crippen molar-refractivity contribution in [1.29, 1.82) is 0 Å². The third-order valence-electron chi connectivity index (χ3n) is 4.40. The van der Waals surface area contributed by atoms with Crippen LogP contribution in [0.15, 0.2) is 48.5 Å². The van der Waals surface area contributed by atoms with E-state index in [0.717, 1.165) is 24.5 Å². The Morgan fingerprint density at radius 2 is 1.60 bits per heavy atom. The fraction of sp³-hybridized carbons (Fsp3) is 0.263. The number of carbonyl (C=O) groups excluding carboxylic acids is 2. The molecule has 1 heterocycles. The molecule has 0 aromatic heterocycles. The number of rotatable bonds is 4. The van der Waals surface area contributed by atoms with Crippen molar-refractivity contribution in [3.8, 4) is 5.75 Å². The van der Waals surface area contributed by atoms with Gasteiger partial charge in [0.15, 0.2) is 0 Å². The average molecular weight is 339 g/mol. The third kappa shape index (κ3) is 3.74. The van der Waals surface area contributed by atoms with E-state index in [1.54, 1.807) is 31.4 Å². The highest BCUT2D eigenvalue weighted by molar-refractivity contribution is 5.97. The summed E-state index contributed by atoms with van der Waals surface area (Å²) in [4.78, 5) is 27.8. The minimum Gasteiger partial charge on any atom is -0.497 e. The summed E-state index contributed by atoms with van der Waals surface area (Å²) in [5, 5.41) is 0. The summed E-state index contributed by atoms with van der Waals surface area (Å²) in [5.41, 5.74) is 7.29. The molecule has 2 N–H and O–H groups in total. The van der Waals surface area contributed by atoms with Crippen molar-refractivity contribution in [2.45, 2.75) is 0 Å². The van der Waals surface area contributed by atoms with Gasteiger partial charge in [-0.3, -0.25) is 9.59 Å². The number of benzene rings is 2. The van der Waals surface area contributed by atoms with Crippen LogP contribution in [0.3, 0.4) is 0 Å². The molecule has 0 aliphatic carbocycles.